The molecule has 7 heteroatoms. The van der Waals surface area contributed by atoms with Gasteiger partial charge in [-0.25, -0.2) is 0 Å². The maximum absolute atomic E-state index is 12.3. The Morgan fingerprint density at radius 2 is 2.07 bits per heavy atom. The van der Waals surface area contributed by atoms with Crippen LogP contribution in [0.5, 0.6) is 5.75 Å². The Hall–Kier alpha value is -2.57. The van der Waals surface area contributed by atoms with E-state index in [4.69, 9.17) is 21.1 Å². The summed E-state index contributed by atoms with van der Waals surface area (Å²) in [7, 11) is 3.02. The molecule has 1 aliphatic heterocycles. The molecule has 1 aliphatic rings. The predicted octanol–water partition coefficient (Wildman–Crippen LogP) is 3.72. The van der Waals surface area contributed by atoms with Crippen molar-refractivity contribution in [3.05, 3.63) is 52.0 Å². The monoisotopic (exact) mass is 388 g/mol. The van der Waals surface area contributed by atoms with Gasteiger partial charge in [-0.1, -0.05) is 23.7 Å². The molecule has 0 aliphatic carbocycles. The normalized spacial score (nSPS) is 15.7. The Bertz CT molecular complexity index is 898. The van der Waals surface area contributed by atoms with Gasteiger partial charge in [0.1, 0.15) is 12.4 Å². The molecule has 2 amide bonds. The van der Waals surface area contributed by atoms with Gasteiger partial charge in [0.25, 0.3) is 0 Å². The van der Waals surface area contributed by atoms with Crippen molar-refractivity contribution >= 4 is 34.8 Å². The van der Waals surface area contributed by atoms with E-state index >= 15 is 0 Å². The van der Waals surface area contributed by atoms with E-state index in [1.54, 1.807) is 13.2 Å². The van der Waals surface area contributed by atoms with Gasteiger partial charge in [0.2, 0.25) is 11.8 Å². The van der Waals surface area contributed by atoms with Crippen molar-refractivity contribution in [3.8, 4) is 5.75 Å². The molecule has 6 nitrogen and oxygen atoms in total. The average molecular weight is 389 g/mol. The van der Waals surface area contributed by atoms with Gasteiger partial charge in [-0.2, -0.15) is 0 Å². The molecule has 0 aromatic heterocycles. The van der Waals surface area contributed by atoms with Crippen LogP contribution >= 0.6 is 11.6 Å². The van der Waals surface area contributed by atoms with Gasteiger partial charge in [0.05, 0.1) is 12.1 Å². The number of carbonyl (C=O) groups is 2. The summed E-state index contributed by atoms with van der Waals surface area (Å²) in [6.07, 6.45) is 0.326. The third-order valence-electron chi connectivity index (χ3n) is 4.65. The number of amides is 2. The summed E-state index contributed by atoms with van der Waals surface area (Å²) in [6.45, 7) is 1.84. The molecular weight excluding hydrogens is 368 g/mol. The molecule has 3 rings (SSSR count). The third kappa shape index (κ3) is 3.91. The first kappa shape index (κ1) is 19.2. The lowest BCUT2D eigenvalue weighted by atomic mass is 9.83. The van der Waals surface area contributed by atoms with Crippen LogP contribution < -0.4 is 15.4 Å². The predicted molar refractivity (Wildman–Crippen MR) is 105 cm³/mol. The summed E-state index contributed by atoms with van der Waals surface area (Å²) < 4.78 is 10.2. The maximum atomic E-state index is 12.3. The van der Waals surface area contributed by atoms with Gasteiger partial charge in [-0.05, 0) is 41.8 Å². The lowest BCUT2D eigenvalue weighted by Crippen LogP contribution is -2.25. The van der Waals surface area contributed by atoms with Crippen molar-refractivity contribution < 1.29 is 19.1 Å². The summed E-state index contributed by atoms with van der Waals surface area (Å²) in [4.78, 5) is 24.2. The van der Waals surface area contributed by atoms with Crippen LogP contribution in [-0.4, -0.2) is 32.6 Å². The molecule has 2 aromatic carbocycles. The van der Waals surface area contributed by atoms with Crippen molar-refractivity contribution in [2.45, 2.75) is 19.3 Å². The number of ether oxygens (including phenoxy) is 2. The van der Waals surface area contributed by atoms with Crippen molar-refractivity contribution in [2.24, 2.45) is 0 Å². The zero-order chi connectivity index (χ0) is 19.6. The standard InChI is InChI=1S/C20H21ClN2O4/c1-11-16(22-19(25)10-26-2)7-5-13-14(9-18(24)23-20(11)13)12-4-6-15(21)17(8-12)27-3/h4-8,14H,9-10H2,1-3H3,(H,22,25)(H,23,24). The van der Waals surface area contributed by atoms with Crippen LogP contribution in [0.4, 0.5) is 11.4 Å². The van der Waals surface area contributed by atoms with Crippen LogP contribution in [0.15, 0.2) is 30.3 Å². The van der Waals surface area contributed by atoms with Crippen molar-refractivity contribution in [1.29, 1.82) is 0 Å². The van der Waals surface area contributed by atoms with Crippen molar-refractivity contribution in [3.63, 3.8) is 0 Å². The number of fused-ring (bicyclic) bond motifs is 1. The highest BCUT2D eigenvalue weighted by Gasteiger charge is 2.29. The number of benzene rings is 2. The lowest BCUT2D eigenvalue weighted by molar-refractivity contribution is -0.119. The summed E-state index contributed by atoms with van der Waals surface area (Å²) in [5.41, 5.74) is 4.10. The fraction of sp³-hybridized carbons (Fsp3) is 0.300. The minimum Gasteiger partial charge on any atom is -0.495 e. The first-order valence-corrected chi connectivity index (χ1v) is 8.88. The summed E-state index contributed by atoms with van der Waals surface area (Å²) >= 11 is 6.13. The van der Waals surface area contributed by atoms with E-state index < -0.39 is 0 Å². The first-order chi connectivity index (χ1) is 12.9. The molecule has 1 atom stereocenters. The molecule has 1 unspecified atom stereocenters. The van der Waals surface area contributed by atoms with Gasteiger partial charge in [0, 0.05) is 30.8 Å². The van der Waals surface area contributed by atoms with Crippen LogP contribution in [0.2, 0.25) is 5.02 Å². The fourth-order valence-electron chi connectivity index (χ4n) is 3.32. The van der Waals surface area contributed by atoms with Crippen molar-refractivity contribution in [2.75, 3.05) is 31.5 Å². The Kier molecular flexibility index (Phi) is 5.68. The molecule has 2 N–H and O–H groups in total. The van der Waals surface area contributed by atoms with E-state index in [0.717, 1.165) is 22.4 Å². The minimum absolute atomic E-state index is 0.0317. The highest BCUT2D eigenvalue weighted by atomic mass is 35.5. The van der Waals surface area contributed by atoms with Gasteiger partial charge in [-0.3, -0.25) is 9.59 Å². The van der Waals surface area contributed by atoms with Gasteiger partial charge < -0.3 is 20.1 Å². The number of hydrogen-bond acceptors (Lipinski definition) is 4. The molecule has 0 saturated carbocycles. The number of nitrogens with one attached hydrogen (secondary N) is 2. The minimum atomic E-state index is -0.248. The van der Waals surface area contributed by atoms with Crippen LogP contribution in [0.1, 0.15) is 29.0 Å². The topological polar surface area (TPSA) is 76.7 Å². The Morgan fingerprint density at radius 1 is 1.30 bits per heavy atom. The molecule has 0 spiro atoms. The number of methoxy groups -OCH3 is 2. The quantitative estimate of drug-likeness (QED) is 0.818. The molecular formula is C20H21ClN2O4. The Balaban J connectivity index is 2.01. The average Bonchev–Trinajstić information content (AvgIpc) is 2.64. The smallest absolute Gasteiger partial charge is 0.250 e. The zero-order valence-electron chi connectivity index (χ0n) is 15.4. The second kappa shape index (κ2) is 7.98. The number of anilines is 2. The van der Waals surface area contributed by atoms with Gasteiger partial charge >= 0.3 is 0 Å². The van der Waals surface area contributed by atoms with E-state index in [-0.39, 0.29) is 24.3 Å². The van der Waals surface area contributed by atoms with Crippen molar-refractivity contribution in [1.82, 2.24) is 0 Å². The maximum Gasteiger partial charge on any atom is 0.250 e. The number of hydrogen-bond donors (Lipinski definition) is 2. The van der Waals surface area contributed by atoms with Crippen LogP contribution in [-0.2, 0) is 14.3 Å². The number of halogens is 1. The Morgan fingerprint density at radius 3 is 2.78 bits per heavy atom. The highest BCUT2D eigenvalue weighted by Crippen LogP contribution is 2.42. The van der Waals surface area contributed by atoms with Crippen LogP contribution in [0.3, 0.4) is 0 Å². The fourth-order valence-corrected chi connectivity index (χ4v) is 3.51. The summed E-state index contributed by atoms with van der Waals surface area (Å²) in [6, 6.07) is 9.31. The van der Waals surface area contributed by atoms with E-state index in [9.17, 15) is 9.59 Å². The largest absolute Gasteiger partial charge is 0.495 e. The second-order valence-electron chi connectivity index (χ2n) is 6.38. The molecule has 0 fully saturated rings. The molecule has 0 saturated heterocycles. The molecule has 2 aromatic rings. The van der Waals surface area contributed by atoms with E-state index in [0.29, 0.717) is 22.9 Å². The number of carbonyl (C=O) groups excluding carboxylic acids is 2. The zero-order valence-corrected chi connectivity index (χ0v) is 16.1. The summed E-state index contributed by atoms with van der Waals surface area (Å²) in [5, 5.41) is 6.26. The SMILES string of the molecule is COCC(=O)Nc1ccc2c(c1C)NC(=O)CC2c1ccc(Cl)c(OC)c1. The van der Waals surface area contributed by atoms with Crippen LogP contribution in [0.25, 0.3) is 0 Å². The van der Waals surface area contributed by atoms with E-state index in [1.165, 1.54) is 7.11 Å². The van der Waals surface area contributed by atoms with E-state index in [1.807, 2.05) is 31.2 Å². The molecule has 142 valence electrons. The Labute approximate surface area is 162 Å². The van der Waals surface area contributed by atoms with Gasteiger partial charge in [-0.15, -0.1) is 0 Å². The van der Waals surface area contributed by atoms with Crippen LogP contribution in [0, 0.1) is 6.92 Å². The molecule has 1 heterocycles. The lowest BCUT2D eigenvalue weighted by Gasteiger charge is -2.28. The second-order valence-corrected chi connectivity index (χ2v) is 6.79. The third-order valence-corrected chi connectivity index (χ3v) is 4.97. The summed E-state index contributed by atoms with van der Waals surface area (Å²) in [5.74, 6) is 0.121. The molecule has 27 heavy (non-hydrogen) atoms. The molecule has 0 radical (unpaired) electrons. The molecule has 0 bridgehead atoms. The van der Waals surface area contributed by atoms with Gasteiger partial charge in [0.15, 0.2) is 0 Å². The first-order valence-electron chi connectivity index (χ1n) is 8.50. The number of rotatable bonds is 5. The highest BCUT2D eigenvalue weighted by molar-refractivity contribution is 6.32. The van der Waals surface area contributed by atoms with E-state index in [2.05, 4.69) is 10.6 Å².